The quantitative estimate of drug-likeness (QED) is 0.757. The van der Waals surface area contributed by atoms with E-state index >= 15 is 0 Å². The molecule has 0 spiro atoms. The molecule has 2 aliphatic heterocycles. The number of fused-ring (bicyclic) bond motifs is 2. The molecule has 2 aliphatic rings. The molecule has 2 aromatic carbocycles. The van der Waals surface area contributed by atoms with Crippen LogP contribution in [0.5, 0.6) is 0 Å². The van der Waals surface area contributed by atoms with Crippen molar-refractivity contribution in [2.45, 2.75) is 16.7 Å². The van der Waals surface area contributed by atoms with E-state index in [9.17, 15) is 0 Å². The van der Waals surface area contributed by atoms with Gasteiger partial charge in [0.15, 0.2) is 0 Å². The van der Waals surface area contributed by atoms with Gasteiger partial charge in [0.1, 0.15) is 5.84 Å². The van der Waals surface area contributed by atoms with Gasteiger partial charge in [-0.05, 0) is 24.7 Å². The number of amidine groups is 1. The van der Waals surface area contributed by atoms with Gasteiger partial charge in [0.25, 0.3) is 0 Å². The summed E-state index contributed by atoms with van der Waals surface area (Å²) in [6.07, 6.45) is 0. The predicted octanol–water partition coefficient (Wildman–Crippen LogP) is 4.29. The van der Waals surface area contributed by atoms with E-state index in [0.717, 1.165) is 44.2 Å². The van der Waals surface area contributed by atoms with Crippen LogP contribution in [0.3, 0.4) is 0 Å². The van der Waals surface area contributed by atoms with E-state index in [1.165, 1.54) is 15.4 Å². The Labute approximate surface area is 154 Å². The van der Waals surface area contributed by atoms with Gasteiger partial charge in [0.2, 0.25) is 0 Å². The van der Waals surface area contributed by atoms with Gasteiger partial charge in [-0.25, -0.2) is 4.99 Å². The van der Waals surface area contributed by atoms with Crippen LogP contribution in [0.2, 0.25) is 0 Å². The SMILES string of the molecule is CCN1CCN(C2=Nc3ccccc3Sc3ccccc32)CC1.Cl. The summed E-state index contributed by atoms with van der Waals surface area (Å²) in [5.74, 6) is 1.13. The standard InChI is InChI=1S/C19H21N3S.ClH/c1-2-21-11-13-22(14-12-21)19-15-7-3-5-9-17(15)23-18-10-6-4-8-16(18)20-19;/h3-10H,2,11-14H2,1H3;1H. The molecule has 0 amide bonds. The second-order valence-corrected chi connectivity index (χ2v) is 7.01. The summed E-state index contributed by atoms with van der Waals surface area (Å²) in [4.78, 5) is 12.6. The number of rotatable bonds is 1. The molecule has 24 heavy (non-hydrogen) atoms. The van der Waals surface area contributed by atoms with Gasteiger partial charge >= 0.3 is 0 Å². The van der Waals surface area contributed by atoms with E-state index in [1.807, 2.05) is 11.8 Å². The van der Waals surface area contributed by atoms with Gasteiger partial charge in [-0.15, -0.1) is 12.4 Å². The molecular formula is C19H22ClN3S. The van der Waals surface area contributed by atoms with Gasteiger partial charge in [-0.3, -0.25) is 0 Å². The summed E-state index contributed by atoms with van der Waals surface area (Å²) in [5.41, 5.74) is 2.35. The minimum Gasteiger partial charge on any atom is -0.354 e. The van der Waals surface area contributed by atoms with E-state index in [1.54, 1.807) is 0 Å². The number of para-hydroxylation sites is 1. The lowest BCUT2D eigenvalue weighted by Crippen LogP contribution is -2.48. The van der Waals surface area contributed by atoms with Crippen LogP contribution in [-0.4, -0.2) is 48.4 Å². The zero-order valence-corrected chi connectivity index (χ0v) is 15.4. The first-order valence-corrected chi connectivity index (χ1v) is 9.09. The second kappa shape index (κ2) is 7.60. The Morgan fingerprint density at radius 2 is 1.58 bits per heavy atom. The number of nitrogens with zero attached hydrogens (tertiary/aromatic N) is 3. The van der Waals surface area contributed by atoms with Crippen molar-refractivity contribution >= 4 is 35.7 Å². The Kier molecular flexibility index (Phi) is 5.49. The molecule has 0 radical (unpaired) electrons. The molecule has 4 rings (SSSR count). The van der Waals surface area contributed by atoms with Crippen molar-refractivity contribution in [1.82, 2.24) is 9.80 Å². The first-order valence-electron chi connectivity index (χ1n) is 8.27. The van der Waals surface area contributed by atoms with Crippen LogP contribution >= 0.6 is 24.2 Å². The summed E-state index contributed by atoms with van der Waals surface area (Å²) in [6, 6.07) is 17.1. The summed E-state index contributed by atoms with van der Waals surface area (Å²) in [5, 5.41) is 0. The summed E-state index contributed by atoms with van der Waals surface area (Å²) >= 11 is 1.82. The van der Waals surface area contributed by atoms with Crippen LogP contribution in [0.15, 0.2) is 63.3 Å². The van der Waals surface area contributed by atoms with Gasteiger partial charge in [0.05, 0.1) is 5.69 Å². The molecule has 2 aromatic rings. The molecule has 0 unspecified atom stereocenters. The predicted molar refractivity (Wildman–Crippen MR) is 104 cm³/mol. The highest BCUT2D eigenvalue weighted by Gasteiger charge is 2.24. The molecule has 5 heteroatoms. The Morgan fingerprint density at radius 1 is 0.917 bits per heavy atom. The third-order valence-corrected chi connectivity index (χ3v) is 5.70. The molecular weight excluding hydrogens is 338 g/mol. The number of hydrogen-bond acceptors (Lipinski definition) is 4. The number of piperazine rings is 1. The lowest BCUT2D eigenvalue weighted by Gasteiger charge is -2.36. The first kappa shape index (κ1) is 17.3. The topological polar surface area (TPSA) is 18.8 Å². The Balaban J connectivity index is 0.00000169. The third kappa shape index (κ3) is 3.32. The minimum absolute atomic E-state index is 0. The molecule has 126 valence electrons. The van der Waals surface area contributed by atoms with Crippen molar-refractivity contribution in [2.24, 2.45) is 4.99 Å². The largest absolute Gasteiger partial charge is 0.354 e. The Bertz CT molecular complexity index is 739. The van der Waals surface area contributed by atoms with Crippen molar-refractivity contribution in [1.29, 1.82) is 0 Å². The first-order chi connectivity index (χ1) is 11.3. The minimum atomic E-state index is 0. The molecule has 1 saturated heterocycles. The van der Waals surface area contributed by atoms with Crippen molar-refractivity contribution in [2.75, 3.05) is 32.7 Å². The van der Waals surface area contributed by atoms with E-state index in [2.05, 4.69) is 65.3 Å². The third-order valence-electron chi connectivity index (χ3n) is 4.56. The van der Waals surface area contributed by atoms with Gasteiger partial charge in [0, 0.05) is 41.5 Å². The fraction of sp³-hybridized carbons (Fsp3) is 0.316. The monoisotopic (exact) mass is 359 g/mol. The highest BCUT2D eigenvalue weighted by atomic mass is 35.5. The molecule has 0 aliphatic carbocycles. The molecule has 0 N–H and O–H groups in total. The van der Waals surface area contributed by atoms with Crippen LogP contribution in [0, 0.1) is 0 Å². The number of benzene rings is 2. The number of hydrogen-bond donors (Lipinski definition) is 0. The van der Waals surface area contributed by atoms with Crippen LogP contribution in [-0.2, 0) is 0 Å². The fourth-order valence-corrected chi connectivity index (χ4v) is 4.20. The van der Waals surface area contributed by atoms with Gasteiger partial charge in [-0.2, -0.15) is 0 Å². The summed E-state index contributed by atoms with van der Waals surface area (Å²) in [6.45, 7) is 7.71. The Morgan fingerprint density at radius 3 is 2.33 bits per heavy atom. The van der Waals surface area contributed by atoms with Crippen molar-refractivity contribution in [3.05, 3.63) is 54.1 Å². The summed E-state index contributed by atoms with van der Waals surface area (Å²) in [7, 11) is 0. The number of likely N-dealkylation sites (N-methyl/N-ethyl adjacent to an activating group) is 1. The number of aliphatic imine (C=N–C) groups is 1. The molecule has 3 nitrogen and oxygen atoms in total. The van der Waals surface area contributed by atoms with Gasteiger partial charge in [-0.1, -0.05) is 49.0 Å². The summed E-state index contributed by atoms with van der Waals surface area (Å²) < 4.78 is 0. The van der Waals surface area contributed by atoms with E-state index in [-0.39, 0.29) is 12.4 Å². The zero-order valence-electron chi connectivity index (χ0n) is 13.8. The van der Waals surface area contributed by atoms with Gasteiger partial charge < -0.3 is 9.80 Å². The number of halogens is 1. The van der Waals surface area contributed by atoms with Crippen LogP contribution in [0.4, 0.5) is 5.69 Å². The second-order valence-electron chi connectivity index (χ2n) is 5.92. The zero-order chi connectivity index (χ0) is 15.6. The highest BCUT2D eigenvalue weighted by Crippen LogP contribution is 2.40. The average molecular weight is 360 g/mol. The molecule has 0 bridgehead atoms. The average Bonchev–Trinajstić information content (AvgIpc) is 2.78. The maximum Gasteiger partial charge on any atom is 0.137 e. The van der Waals surface area contributed by atoms with Crippen LogP contribution in [0.25, 0.3) is 0 Å². The highest BCUT2D eigenvalue weighted by molar-refractivity contribution is 7.99. The molecule has 1 fully saturated rings. The van der Waals surface area contributed by atoms with E-state index in [4.69, 9.17) is 4.99 Å². The lowest BCUT2D eigenvalue weighted by molar-refractivity contribution is 0.190. The van der Waals surface area contributed by atoms with Crippen molar-refractivity contribution in [3.8, 4) is 0 Å². The van der Waals surface area contributed by atoms with E-state index in [0.29, 0.717) is 0 Å². The maximum absolute atomic E-state index is 5.06. The van der Waals surface area contributed by atoms with E-state index < -0.39 is 0 Å². The molecule has 2 heterocycles. The maximum atomic E-state index is 5.06. The molecule has 0 aromatic heterocycles. The normalized spacial score (nSPS) is 17.2. The molecule has 0 saturated carbocycles. The van der Waals surface area contributed by atoms with Crippen molar-refractivity contribution in [3.63, 3.8) is 0 Å². The lowest BCUT2D eigenvalue weighted by atomic mass is 10.1. The van der Waals surface area contributed by atoms with Crippen LogP contribution in [0.1, 0.15) is 12.5 Å². The van der Waals surface area contributed by atoms with Crippen molar-refractivity contribution < 1.29 is 0 Å². The molecule has 0 atom stereocenters. The Hall–Kier alpha value is -1.49. The smallest absolute Gasteiger partial charge is 0.137 e. The van der Waals surface area contributed by atoms with Crippen LogP contribution < -0.4 is 0 Å². The fourth-order valence-electron chi connectivity index (χ4n) is 3.19.